The number of anilines is 1. The number of amides is 1. The first-order valence-corrected chi connectivity index (χ1v) is 9.66. The monoisotopic (exact) mass is 371 g/mol. The zero-order valence-electron chi connectivity index (χ0n) is 14.8. The largest absolute Gasteiger partial charge is 0.317 e. The van der Waals surface area contributed by atoms with Gasteiger partial charge in [-0.05, 0) is 56.0 Å². The highest BCUT2D eigenvalue weighted by Crippen LogP contribution is 2.37. The summed E-state index contributed by atoms with van der Waals surface area (Å²) in [6, 6.07) is 8.65. The summed E-state index contributed by atoms with van der Waals surface area (Å²) in [6.45, 7) is 1.25. The van der Waals surface area contributed by atoms with Gasteiger partial charge in [-0.15, -0.1) is 11.3 Å². The number of carbonyl (C=O) groups excluding carboxylic acids is 1. The highest BCUT2D eigenvalue weighted by molar-refractivity contribution is 7.16. The van der Waals surface area contributed by atoms with Gasteiger partial charge in [0.05, 0.1) is 5.56 Å². The van der Waals surface area contributed by atoms with Gasteiger partial charge in [0.25, 0.3) is 0 Å². The Morgan fingerprint density at radius 2 is 2.04 bits per heavy atom. The van der Waals surface area contributed by atoms with Gasteiger partial charge in [0, 0.05) is 24.4 Å². The molecule has 1 amide bonds. The second-order valence-electron chi connectivity index (χ2n) is 6.69. The van der Waals surface area contributed by atoms with Crippen LogP contribution in [0.2, 0.25) is 0 Å². The number of nitrogens with one attached hydrogen (secondary N) is 1. The van der Waals surface area contributed by atoms with Crippen LogP contribution in [-0.4, -0.2) is 24.4 Å². The van der Waals surface area contributed by atoms with Crippen LogP contribution in [0.3, 0.4) is 0 Å². The molecular weight excluding hydrogens is 349 g/mol. The summed E-state index contributed by atoms with van der Waals surface area (Å²) in [4.78, 5) is 15.6. The van der Waals surface area contributed by atoms with Crippen LogP contribution in [0.15, 0.2) is 24.3 Å². The van der Waals surface area contributed by atoms with Gasteiger partial charge in [-0.2, -0.15) is 5.26 Å². The van der Waals surface area contributed by atoms with Crippen molar-refractivity contribution in [3.8, 4) is 6.07 Å². The van der Waals surface area contributed by atoms with Crippen molar-refractivity contribution in [1.82, 2.24) is 4.90 Å². The molecule has 0 unspecified atom stereocenters. The first kappa shape index (κ1) is 18.6. The minimum Gasteiger partial charge on any atom is -0.317 e. The molecule has 136 valence electrons. The van der Waals surface area contributed by atoms with Gasteiger partial charge in [0.1, 0.15) is 16.9 Å². The number of halogens is 1. The van der Waals surface area contributed by atoms with Crippen molar-refractivity contribution in [1.29, 1.82) is 5.26 Å². The molecule has 1 aliphatic rings. The standard InChI is InChI=1S/C20H22FN3OS/c1-24(13-14-6-8-15(21)9-7-14)11-10-19(25)23-20-17(12-22)16-4-2-3-5-18(16)26-20/h6-9H,2-5,10-11,13H2,1H3,(H,23,25). The number of carbonyl (C=O) groups is 1. The second kappa shape index (κ2) is 8.43. The summed E-state index contributed by atoms with van der Waals surface area (Å²) in [7, 11) is 1.93. The topological polar surface area (TPSA) is 56.1 Å². The van der Waals surface area contributed by atoms with Crippen molar-refractivity contribution in [3.05, 3.63) is 51.7 Å². The molecule has 0 radical (unpaired) electrons. The van der Waals surface area contributed by atoms with Crippen LogP contribution in [0.1, 0.15) is 40.8 Å². The Bertz CT molecular complexity index is 823. The quantitative estimate of drug-likeness (QED) is 0.832. The normalized spacial score (nSPS) is 13.3. The Balaban J connectivity index is 1.53. The van der Waals surface area contributed by atoms with E-state index in [0.717, 1.165) is 36.8 Å². The summed E-state index contributed by atoms with van der Waals surface area (Å²) >= 11 is 1.55. The van der Waals surface area contributed by atoms with Crippen molar-refractivity contribution < 1.29 is 9.18 Å². The predicted octanol–water partition coefficient (Wildman–Crippen LogP) is 4.10. The van der Waals surface area contributed by atoms with E-state index in [4.69, 9.17) is 0 Å². The van der Waals surface area contributed by atoms with E-state index in [2.05, 4.69) is 11.4 Å². The molecule has 1 aromatic carbocycles. The fourth-order valence-electron chi connectivity index (χ4n) is 3.23. The Morgan fingerprint density at radius 3 is 2.77 bits per heavy atom. The molecule has 0 saturated carbocycles. The van der Waals surface area contributed by atoms with Gasteiger partial charge < -0.3 is 10.2 Å². The Labute approximate surface area is 157 Å². The molecule has 0 fully saturated rings. The summed E-state index contributed by atoms with van der Waals surface area (Å²) in [6.07, 6.45) is 4.56. The van der Waals surface area contributed by atoms with Gasteiger partial charge in [-0.25, -0.2) is 4.39 Å². The van der Waals surface area contributed by atoms with Crippen molar-refractivity contribution in [2.75, 3.05) is 18.9 Å². The van der Waals surface area contributed by atoms with Gasteiger partial charge in [-0.3, -0.25) is 4.79 Å². The summed E-state index contributed by atoms with van der Waals surface area (Å²) in [5, 5.41) is 13.1. The molecule has 26 heavy (non-hydrogen) atoms. The average molecular weight is 371 g/mol. The van der Waals surface area contributed by atoms with Gasteiger partial charge in [0.15, 0.2) is 0 Å². The lowest BCUT2D eigenvalue weighted by molar-refractivity contribution is -0.116. The third kappa shape index (κ3) is 4.48. The van der Waals surface area contributed by atoms with Crippen LogP contribution >= 0.6 is 11.3 Å². The smallest absolute Gasteiger partial charge is 0.226 e. The third-order valence-electron chi connectivity index (χ3n) is 4.62. The van der Waals surface area contributed by atoms with Crippen molar-refractivity contribution in [2.24, 2.45) is 0 Å². The van der Waals surface area contributed by atoms with Crippen LogP contribution in [0.4, 0.5) is 9.39 Å². The summed E-state index contributed by atoms with van der Waals surface area (Å²) < 4.78 is 12.9. The highest BCUT2D eigenvalue weighted by atomic mass is 32.1. The molecule has 0 spiro atoms. The lowest BCUT2D eigenvalue weighted by Gasteiger charge is -2.16. The van der Waals surface area contributed by atoms with E-state index < -0.39 is 0 Å². The maximum absolute atomic E-state index is 12.9. The van der Waals surface area contributed by atoms with Crippen LogP contribution in [-0.2, 0) is 24.2 Å². The van der Waals surface area contributed by atoms with E-state index in [9.17, 15) is 14.4 Å². The molecule has 1 heterocycles. The number of rotatable bonds is 6. The van der Waals surface area contributed by atoms with Crippen molar-refractivity contribution in [3.63, 3.8) is 0 Å². The zero-order valence-corrected chi connectivity index (χ0v) is 15.7. The van der Waals surface area contributed by atoms with E-state index in [1.54, 1.807) is 23.5 Å². The Kier molecular flexibility index (Phi) is 6.02. The van der Waals surface area contributed by atoms with Crippen molar-refractivity contribution >= 4 is 22.2 Å². The summed E-state index contributed by atoms with van der Waals surface area (Å²) in [5.41, 5.74) is 2.79. The van der Waals surface area contributed by atoms with Crippen LogP contribution in [0.25, 0.3) is 0 Å². The van der Waals surface area contributed by atoms with E-state index in [1.807, 2.05) is 11.9 Å². The van der Waals surface area contributed by atoms with E-state index in [-0.39, 0.29) is 11.7 Å². The van der Waals surface area contributed by atoms with E-state index in [1.165, 1.54) is 17.0 Å². The lowest BCUT2D eigenvalue weighted by Crippen LogP contribution is -2.24. The average Bonchev–Trinajstić information content (AvgIpc) is 2.99. The number of thiophene rings is 1. The van der Waals surface area contributed by atoms with Gasteiger partial charge in [0.2, 0.25) is 5.91 Å². The molecule has 3 rings (SSSR count). The Hall–Kier alpha value is -2.23. The molecule has 0 atom stereocenters. The molecule has 1 N–H and O–H groups in total. The van der Waals surface area contributed by atoms with Crippen LogP contribution in [0, 0.1) is 17.1 Å². The molecule has 4 nitrogen and oxygen atoms in total. The minimum atomic E-state index is -0.247. The van der Waals surface area contributed by atoms with E-state index in [0.29, 0.717) is 30.1 Å². The maximum Gasteiger partial charge on any atom is 0.226 e. The first-order valence-electron chi connectivity index (χ1n) is 8.84. The fraction of sp³-hybridized carbons (Fsp3) is 0.400. The maximum atomic E-state index is 12.9. The first-order chi connectivity index (χ1) is 12.6. The number of aryl methyl sites for hydroxylation is 1. The lowest BCUT2D eigenvalue weighted by atomic mass is 9.96. The molecule has 6 heteroatoms. The number of hydrogen-bond acceptors (Lipinski definition) is 4. The molecule has 0 aliphatic heterocycles. The minimum absolute atomic E-state index is 0.0777. The second-order valence-corrected chi connectivity index (χ2v) is 7.79. The number of hydrogen-bond donors (Lipinski definition) is 1. The molecule has 2 aromatic rings. The number of nitrogens with zero attached hydrogens (tertiary/aromatic N) is 2. The molecular formula is C20H22FN3OS. The van der Waals surface area contributed by atoms with E-state index >= 15 is 0 Å². The van der Waals surface area contributed by atoms with Crippen LogP contribution in [0.5, 0.6) is 0 Å². The molecule has 1 aromatic heterocycles. The van der Waals surface area contributed by atoms with Crippen molar-refractivity contribution in [2.45, 2.75) is 38.6 Å². The zero-order chi connectivity index (χ0) is 18.5. The van der Waals surface area contributed by atoms with Gasteiger partial charge in [-0.1, -0.05) is 12.1 Å². The molecule has 0 saturated heterocycles. The fourth-order valence-corrected chi connectivity index (χ4v) is 4.49. The predicted molar refractivity (Wildman–Crippen MR) is 102 cm³/mol. The molecule has 0 bridgehead atoms. The summed E-state index contributed by atoms with van der Waals surface area (Å²) in [5.74, 6) is -0.325. The Morgan fingerprint density at radius 1 is 1.31 bits per heavy atom. The van der Waals surface area contributed by atoms with Gasteiger partial charge >= 0.3 is 0 Å². The SMILES string of the molecule is CN(CCC(=O)Nc1sc2c(c1C#N)CCCC2)Cc1ccc(F)cc1. The number of fused-ring (bicyclic) bond motifs is 1. The molecule has 1 aliphatic carbocycles. The third-order valence-corrected chi connectivity index (χ3v) is 5.83. The number of benzene rings is 1. The van der Waals surface area contributed by atoms with Crippen LogP contribution < -0.4 is 5.32 Å². The number of nitriles is 1. The highest BCUT2D eigenvalue weighted by Gasteiger charge is 2.21.